The fourth-order valence-corrected chi connectivity index (χ4v) is 2.25. The molecule has 0 spiro atoms. The third-order valence-corrected chi connectivity index (χ3v) is 3.29. The summed E-state index contributed by atoms with van der Waals surface area (Å²) >= 11 is 3.31. The summed E-state index contributed by atoms with van der Waals surface area (Å²) in [4.78, 5) is 22.0. The molecule has 2 aromatic carbocycles. The molecule has 2 aromatic rings. The number of hydrogen-bond acceptors (Lipinski definition) is 3. The molecule has 0 atom stereocenters. The summed E-state index contributed by atoms with van der Waals surface area (Å²) < 4.78 is 14.2. The summed E-state index contributed by atoms with van der Waals surface area (Å²) in [6.45, 7) is 1.80. The minimum atomic E-state index is -0.832. The van der Waals surface area contributed by atoms with Gasteiger partial charge in [0.05, 0.1) is 11.0 Å². The molecular weight excluding hydrogens is 343 g/mol. The van der Waals surface area contributed by atoms with Crippen LogP contribution in [0.4, 0.5) is 15.8 Å². The van der Waals surface area contributed by atoms with Crippen molar-refractivity contribution in [2.75, 3.05) is 5.32 Å². The largest absolute Gasteiger partial charge is 0.322 e. The highest BCUT2D eigenvalue weighted by Crippen LogP contribution is 2.22. The van der Waals surface area contributed by atoms with Crippen LogP contribution in [0.1, 0.15) is 15.9 Å². The highest BCUT2D eigenvalue weighted by atomic mass is 79.9. The number of carbonyl (C=O) groups is 1. The number of non-ortho nitro benzene ring substituents is 1. The van der Waals surface area contributed by atoms with Crippen molar-refractivity contribution in [3.8, 4) is 0 Å². The van der Waals surface area contributed by atoms with Crippen LogP contribution in [0.2, 0.25) is 0 Å². The number of nitro groups is 1. The molecule has 0 bridgehead atoms. The molecule has 21 heavy (non-hydrogen) atoms. The van der Waals surface area contributed by atoms with E-state index >= 15 is 0 Å². The van der Waals surface area contributed by atoms with Crippen molar-refractivity contribution in [2.45, 2.75) is 6.92 Å². The lowest BCUT2D eigenvalue weighted by Crippen LogP contribution is -2.13. The Morgan fingerprint density at radius 3 is 2.62 bits per heavy atom. The van der Waals surface area contributed by atoms with Crippen molar-refractivity contribution in [2.24, 2.45) is 0 Å². The molecule has 108 valence electrons. The van der Waals surface area contributed by atoms with Crippen molar-refractivity contribution in [3.05, 3.63) is 67.9 Å². The Balaban J connectivity index is 2.30. The highest BCUT2D eigenvalue weighted by Gasteiger charge is 2.15. The number of amides is 1. The fourth-order valence-electron chi connectivity index (χ4n) is 1.77. The molecule has 0 saturated heterocycles. The Morgan fingerprint density at radius 2 is 2.00 bits per heavy atom. The molecule has 0 aliphatic rings. The first kappa shape index (κ1) is 15.1. The Labute approximate surface area is 128 Å². The standard InChI is InChI=1S/C14H10BrFN2O3/c1-8-4-10(15)2-3-13(8)17-14(19)9-5-11(16)7-12(6-9)18(20)21/h2-7H,1H3,(H,17,19). The Bertz CT molecular complexity index is 734. The van der Waals surface area contributed by atoms with Crippen LogP contribution in [0.3, 0.4) is 0 Å². The van der Waals surface area contributed by atoms with Crippen molar-refractivity contribution >= 4 is 33.2 Å². The predicted octanol–water partition coefficient (Wildman–Crippen LogP) is 4.06. The second-order valence-corrected chi connectivity index (χ2v) is 5.28. The normalized spacial score (nSPS) is 10.2. The molecule has 7 heteroatoms. The van der Waals surface area contributed by atoms with E-state index in [0.29, 0.717) is 5.69 Å². The molecular formula is C14H10BrFN2O3. The summed E-state index contributed by atoms with van der Waals surface area (Å²) in [5.41, 5.74) is 0.787. The summed E-state index contributed by atoms with van der Waals surface area (Å²) in [6, 6.07) is 8.00. The summed E-state index contributed by atoms with van der Waals surface area (Å²) in [5, 5.41) is 13.3. The average Bonchev–Trinajstić information content (AvgIpc) is 2.41. The number of rotatable bonds is 3. The molecule has 0 unspecified atom stereocenters. The molecule has 1 amide bonds. The van der Waals surface area contributed by atoms with Crippen LogP contribution in [-0.4, -0.2) is 10.8 Å². The van der Waals surface area contributed by atoms with Gasteiger partial charge in [-0.15, -0.1) is 0 Å². The van der Waals surface area contributed by atoms with Crippen LogP contribution in [0, 0.1) is 22.9 Å². The second-order valence-electron chi connectivity index (χ2n) is 4.37. The molecule has 2 rings (SSSR count). The summed E-state index contributed by atoms with van der Waals surface area (Å²) in [7, 11) is 0. The van der Waals surface area contributed by atoms with Crippen molar-refractivity contribution < 1.29 is 14.1 Å². The van der Waals surface area contributed by atoms with Gasteiger partial charge < -0.3 is 5.32 Å². The maximum Gasteiger partial charge on any atom is 0.273 e. The lowest BCUT2D eigenvalue weighted by molar-refractivity contribution is -0.385. The molecule has 0 aliphatic carbocycles. The van der Waals surface area contributed by atoms with E-state index in [2.05, 4.69) is 21.2 Å². The number of nitro benzene ring substituents is 1. The van der Waals surface area contributed by atoms with E-state index in [1.165, 1.54) is 0 Å². The zero-order chi connectivity index (χ0) is 15.6. The minimum Gasteiger partial charge on any atom is -0.322 e. The van der Waals surface area contributed by atoms with Crippen LogP contribution in [0.25, 0.3) is 0 Å². The van der Waals surface area contributed by atoms with Gasteiger partial charge >= 0.3 is 0 Å². The topological polar surface area (TPSA) is 72.2 Å². The SMILES string of the molecule is Cc1cc(Br)ccc1NC(=O)c1cc(F)cc([N+](=O)[O-])c1. The first-order chi connectivity index (χ1) is 9.86. The number of benzene rings is 2. The van der Waals surface area contributed by atoms with Crippen LogP contribution in [0.5, 0.6) is 0 Å². The summed E-state index contributed by atoms with van der Waals surface area (Å²) in [5.74, 6) is -1.44. The number of halogens is 2. The van der Waals surface area contributed by atoms with Crippen LogP contribution < -0.4 is 5.32 Å². The Morgan fingerprint density at radius 1 is 1.29 bits per heavy atom. The van der Waals surface area contributed by atoms with Crippen molar-refractivity contribution in [3.63, 3.8) is 0 Å². The molecule has 0 aromatic heterocycles. The fraction of sp³-hybridized carbons (Fsp3) is 0.0714. The second kappa shape index (κ2) is 6.01. The van der Waals surface area contributed by atoms with Gasteiger partial charge in [0.1, 0.15) is 5.82 Å². The third kappa shape index (κ3) is 3.63. The lowest BCUT2D eigenvalue weighted by Gasteiger charge is -2.09. The third-order valence-electron chi connectivity index (χ3n) is 2.79. The number of anilines is 1. The number of nitrogens with one attached hydrogen (secondary N) is 1. The van der Waals surface area contributed by atoms with Gasteiger partial charge in [-0.2, -0.15) is 0 Å². The highest BCUT2D eigenvalue weighted by molar-refractivity contribution is 9.10. The number of hydrogen-bond donors (Lipinski definition) is 1. The Hall–Kier alpha value is -2.28. The lowest BCUT2D eigenvalue weighted by atomic mass is 10.1. The van der Waals surface area contributed by atoms with Crippen LogP contribution >= 0.6 is 15.9 Å². The van der Waals surface area contributed by atoms with E-state index in [-0.39, 0.29) is 5.56 Å². The molecule has 0 aliphatic heterocycles. The summed E-state index contributed by atoms with van der Waals surface area (Å²) in [6.07, 6.45) is 0. The van der Waals surface area contributed by atoms with E-state index in [9.17, 15) is 19.3 Å². The molecule has 0 fully saturated rings. The van der Waals surface area contributed by atoms with Crippen molar-refractivity contribution in [1.29, 1.82) is 0 Å². The maximum absolute atomic E-state index is 13.3. The zero-order valence-electron chi connectivity index (χ0n) is 10.9. The van der Waals surface area contributed by atoms with Gasteiger partial charge in [-0.1, -0.05) is 15.9 Å². The Kier molecular flexibility index (Phi) is 4.32. The van der Waals surface area contributed by atoms with Gasteiger partial charge in [0.25, 0.3) is 11.6 Å². The van der Waals surface area contributed by atoms with Gasteiger partial charge in [0.15, 0.2) is 0 Å². The first-order valence-electron chi connectivity index (χ1n) is 5.89. The van der Waals surface area contributed by atoms with E-state index in [4.69, 9.17) is 0 Å². The molecule has 1 N–H and O–H groups in total. The van der Waals surface area contributed by atoms with Gasteiger partial charge in [0, 0.05) is 21.8 Å². The minimum absolute atomic E-state index is 0.107. The smallest absolute Gasteiger partial charge is 0.273 e. The number of nitrogens with zero attached hydrogens (tertiary/aromatic N) is 1. The van der Waals surface area contributed by atoms with Gasteiger partial charge in [-0.3, -0.25) is 14.9 Å². The molecule has 5 nitrogen and oxygen atoms in total. The van der Waals surface area contributed by atoms with Crippen LogP contribution in [-0.2, 0) is 0 Å². The molecule has 0 radical (unpaired) electrons. The monoisotopic (exact) mass is 352 g/mol. The molecule has 0 saturated carbocycles. The predicted molar refractivity (Wildman–Crippen MR) is 79.9 cm³/mol. The quantitative estimate of drug-likeness (QED) is 0.668. The number of carbonyl (C=O) groups excluding carboxylic acids is 1. The van der Waals surface area contributed by atoms with Gasteiger partial charge in [-0.25, -0.2) is 4.39 Å². The van der Waals surface area contributed by atoms with E-state index in [0.717, 1.165) is 28.2 Å². The molecule has 0 heterocycles. The average molecular weight is 353 g/mol. The zero-order valence-corrected chi connectivity index (χ0v) is 12.5. The van der Waals surface area contributed by atoms with Gasteiger partial charge in [0.2, 0.25) is 0 Å². The van der Waals surface area contributed by atoms with Crippen molar-refractivity contribution in [1.82, 2.24) is 0 Å². The van der Waals surface area contributed by atoms with E-state index < -0.39 is 22.3 Å². The maximum atomic E-state index is 13.3. The van der Waals surface area contributed by atoms with E-state index in [1.807, 2.05) is 6.07 Å². The van der Waals surface area contributed by atoms with E-state index in [1.54, 1.807) is 19.1 Å². The van der Waals surface area contributed by atoms with Gasteiger partial charge in [-0.05, 0) is 36.8 Å². The first-order valence-corrected chi connectivity index (χ1v) is 6.68. The van der Waals surface area contributed by atoms with Crippen LogP contribution in [0.15, 0.2) is 40.9 Å². The number of aryl methyl sites for hydroxylation is 1.